The fraction of sp³-hybridized carbons (Fsp3) is 0.333. The van der Waals surface area contributed by atoms with Crippen molar-refractivity contribution in [3.63, 3.8) is 0 Å². The Morgan fingerprint density at radius 1 is 1.37 bits per heavy atom. The van der Waals surface area contributed by atoms with Crippen molar-refractivity contribution in [3.05, 3.63) is 34.6 Å². The molecule has 0 unspecified atom stereocenters. The van der Waals surface area contributed by atoms with Crippen LogP contribution >= 0.6 is 15.9 Å². The van der Waals surface area contributed by atoms with Gasteiger partial charge >= 0.3 is 0 Å². The van der Waals surface area contributed by atoms with E-state index in [1.54, 1.807) is 4.68 Å². The van der Waals surface area contributed by atoms with Gasteiger partial charge in [-0.25, -0.2) is 0 Å². The topological polar surface area (TPSA) is 72.7 Å². The molecule has 1 aromatic carbocycles. The van der Waals surface area contributed by atoms with E-state index in [-0.39, 0.29) is 5.91 Å². The maximum absolute atomic E-state index is 11.4. The molecular formula is C12H14BrN5O. The molecule has 2 aromatic rings. The van der Waals surface area contributed by atoms with Crippen LogP contribution in [0, 0.1) is 0 Å². The van der Waals surface area contributed by atoms with E-state index < -0.39 is 0 Å². The molecule has 2 rings (SSSR count). The second kappa shape index (κ2) is 6.42. The Kier molecular flexibility index (Phi) is 4.62. The van der Waals surface area contributed by atoms with Gasteiger partial charge < -0.3 is 5.32 Å². The molecule has 0 aliphatic carbocycles. The van der Waals surface area contributed by atoms with E-state index in [2.05, 4.69) is 36.8 Å². The van der Waals surface area contributed by atoms with E-state index in [1.165, 1.54) is 0 Å². The van der Waals surface area contributed by atoms with Gasteiger partial charge in [0, 0.05) is 10.9 Å². The SMILES string of the molecule is CCCC(=O)NCc1nnnn1-c1ccc(Br)cc1. The van der Waals surface area contributed by atoms with E-state index in [4.69, 9.17) is 0 Å². The van der Waals surface area contributed by atoms with Gasteiger partial charge in [0.15, 0.2) is 5.82 Å². The summed E-state index contributed by atoms with van der Waals surface area (Å²) in [5.41, 5.74) is 0.855. The fourth-order valence-electron chi connectivity index (χ4n) is 1.59. The molecule has 0 saturated carbocycles. The molecule has 100 valence electrons. The Morgan fingerprint density at radius 3 is 2.79 bits per heavy atom. The average molecular weight is 324 g/mol. The predicted octanol–water partition coefficient (Wildman–Crippen LogP) is 1.84. The average Bonchev–Trinajstić information content (AvgIpc) is 2.86. The molecule has 19 heavy (non-hydrogen) atoms. The van der Waals surface area contributed by atoms with Gasteiger partial charge in [-0.1, -0.05) is 22.9 Å². The number of rotatable bonds is 5. The van der Waals surface area contributed by atoms with Crippen molar-refractivity contribution in [2.75, 3.05) is 0 Å². The number of carbonyl (C=O) groups excluding carboxylic acids is 1. The highest BCUT2D eigenvalue weighted by atomic mass is 79.9. The van der Waals surface area contributed by atoms with Gasteiger partial charge in [0.1, 0.15) is 0 Å². The minimum atomic E-state index is 0.00727. The van der Waals surface area contributed by atoms with Gasteiger partial charge in [0.2, 0.25) is 5.91 Å². The Morgan fingerprint density at radius 2 is 2.11 bits per heavy atom. The predicted molar refractivity (Wildman–Crippen MR) is 73.6 cm³/mol. The molecule has 0 fully saturated rings. The van der Waals surface area contributed by atoms with E-state index in [9.17, 15) is 4.79 Å². The number of nitrogens with one attached hydrogen (secondary N) is 1. The van der Waals surface area contributed by atoms with Crippen LogP contribution in [0.3, 0.4) is 0 Å². The minimum absolute atomic E-state index is 0.00727. The van der Waals surface area contributed by atoms with Crippen LogP contribution in [0.4, 0.5) is 0 Å². The Labute approximate surface area is 119 Å². The van der Waals surface area contributed by atoms with Crippen molar-refractivity contribution in [1.82, 2.24) is 25.5 Å². The summed E-state index contributed by atoms with van der Waals surface area (Å²) in [4.78, 5) is 11.4. The van der Waals surface area contributed by atoms with Crippen LogP contribution in [0.25, 0.3) is 5.69 Å². The van der Waals surface area contributed by atoms with Crippen molar-refractivity contribution in [3.8, 4) is 5.69 Å². The van der Waals surface area contributed by atoms with Gasteiger partial charge in [0.05, 0.1) is 12.2 Å². The molecule has 0 saturated heterocycles. The zero-order chi connectivity index (χ0) is 13.7. The minimum Gasteiger partial charge on any atom is -0.349 e. The molecule has 7 heteroatoms. The van der Waals surface area contributed by atoms with Crippen LogP contribution in [-0.4, -0.2) is 26.1 Å². The first-order chi connectivity index (χ1) is 9.20. The summed E-state index contributed by atoms with van der Waals surface area (Å²) >= 11 is 3.38. The van der Waals surface area contributed by atoms with Crippen LogP contribution in [0.5, 0.6) is 0 Å². The lowest BCUT2D eigenvalue weighted by atomic mass is 10.3. The first-order valence-corrected chi connectivity index (χ1v) is 6.80. The molecule has 0 spiro atoms. The number of aromatic nitrogens is 4. The van der Waals surface area contributed by atoms with Gasteiger partial charge in [-0.15, -0.1) is 5.10 Å². The summed E-state index contributed by atoms with van der Waals surface area (Å²) in [5.74, 6) is 0.611. The lowest BCUT2D eigenvalue weighted by Gasteiger charge is -2.06. The van der Waals surface area contributed by atoms with E-state index in [0.717, 1.165) is 16.6 Å². The molecule has 1 N–H and O–H groups in total. The molecule has 0 aliphatic rings. The summed E-state index contributed by atoms with van der Waals surface area (Å²) in [6.07, 6.45) is 1.34. The summed E-state index contributed by atoms with van der Waals surface area (Å²) in [6.45, 7) is 2.29. The van der Waals surface area contributed by atoms with Crippen molar-refractivity contribution in [2.24, 2.45) is 0 Å². The van der Waals surface area contributed by atoms with Crippen LogP contribution < -0.4 is 5.32 Å². The first-order valence-electron chi connectivity index (χ1n) is 6.00. The van der Waals surface area contributed by atoms with Gasteiger partial charge in [-0.3, -0.25) is 4.79 Å². The molecule has 0 atom stereocenters. The van der Waals surface area contributed by atoms with Gasteiger partial charge in [-0.05, 0) is 41.1 Å². The van der Waals surface area contributed by atoms with Crippen molar-refractivity contribution in [1.29, 1.82) is 0 Å². The van der Waals surface area contributed by atoms with Crippen molar-refractivity contribution < 1.29 is 4.79 Å². The largest absolute Gasteiger partial charge is 0.349 e. The van der Waals surface area contributed by atoms with Crippen LogP contribution in [0.1, 0.15) is 25.6 Å². The van der Waals surface area contributed by atoms with E-state index >= 15 is 0 Å². The summed E-state index contributed by atoms with van der Waals surface area (Å²) in [6, 6.07) is 7.63. The van der Waals surface area contributed by atoms with Crippen molar-refractivity contribution in [2.45, 2.75) is 26.3 Å². The zero-order valence-corrected chi connectivity index (χ0v) is 12.1. The number of amides is 1. The number of halogens is 1. The third-order valence-corrected chi connectivity index (χ3v) is 3.05. The smallest absolute Gasteiger partial charge is 0.220 e. The highest BCUT2D eigenvalue weighted by Gasteiger charge is 2.09. The van der Waals surface area contributed by atoms with E-state index in [0.29, 0.717) is 18.8 Å². The Hall–Kier alpha value is -1.76. The molecule has 1 amide bonds. The second-order valence-corrected chi connectivity index (χ2v) is 4.93. The summed E-state index contributed by atoms with van der Waals surface area (Å²) in [7, 11) is 0. The standard InChI is InChI=1S/C12H14BrN5O/c1-2-3-12(19)14-8-11-15-16-17-18(11)10-6-4-9(13)5-7-10/h4-7H,2-3,8H2,1H3,(H,14,19). The Balaban J connectivity index is 2.09. The number of carbonyl (C=O) groups is 1. The van der Waals surface area contributed by atoms with Gasteiger partial charge in [-0.2, -0.15) is 4.68 Å². The molecule has 6 nitrogen and oxygen atoms in total. The number of tetrazole rings is 1. The van der Waals surface area contributed by atoms with E-state index in [1.807, 2.05) is 31.2 Å². The van der Waals surface area contributed by atoms with Crippen LogP contribution in [0.2, 0.25) is 0 Å². The zero-order valence-electron chi connectivity index (χ0n) is 10.5. The quantitative estimate of drug-likeness (QED) is 0.911. The summed E-state index contributed by atoms with van der Waals surface area (Å²) in [5, 5.41) is 14.3. The molecule has 0 aliphatic heterocycles. The molecule has 0 bridgehead atoms. The second-order valence-electron chi connectivity index (χ2n) is 4.01. The molecular weight excluding hydrogens is 310 g/mol. The normalized spacial score (nSPS) is 10.4. The lowest BCUT2D eigenvalue weighted by Crippen LogP contribution is -2.24. The third kappa shape index (κ3) is 3.60. The monoisotopic (exact) mass is 323 g/mol. The first kappa shape index (κ1) is 13.7. The molecule has 1 aromatic heterocycles. The highest BCUT2D eigenvalue weighted by Crippen LogP contribution is 2.13. The summed E-state index contributed by atoms with van der Waals surface area (Å²) < 4.78 is 2.60. The number of benzene rings is 1. The number of nitrogens with zero attached hydrogens (tertiary/aromatic N) is 4. The number of hydrogen-bond acceptors (Lipinski definition) is 4. The lowest BCUT2D eigenvalue weighted by molar-refractivity contribution is -0.121. The maximum atomic E-state index is 11.4. The number of hydrogen-bond donors (Lipinski definition) is 1. The Bertz CT molecular complexity index is 552. The van der Waals surface area contributed by atoms with Gasteiger partial charge in [0.25, 0.3) is 0 Å². The third-order valence-electron chi connectivity index (χ3n) is 2.53. The molecule has 1 heterocycles. The highest BCUT2D eigenvalue weighted by molar-refractivity contribution is 9.10. The molecule has 0 radical (unpaired) electrons. The van der Waals surface area contributed by atoms with Crippen LogP contribution in [-0.2, 0) is 11.3 Å². The van der Waals surface area contributed by atoms with Crippen molar-refractivity contribution >= 4 is 21.8 Å². The van der Waals surface area contributed by atoms with Crippen LogP contribution in [0.15, 0.2) is 28.7 Å². The maximum Gasteiger partial charge on any atom is 0.220 e. The fourth-order valence-corrected chi connectivity index (χ4v) is 1.86.